The first-order valence-corrected chi connectivity index (χ1v) is 15.8. The number of morpholine rings is 1. The molecule has 0 radical (unpaired) electrons. The molecule has 0 saturated carbocycles. The first kappa shape index (κ1) is 34.4. The Hall–Kier alpha value is -4.09. The summed E-state index contributed by atoms with van der Waals surface area (Å²) in [5.41, 5.74) is 2.00. The van der Waals surface area contributed by atoms with E-state index in [0.29, 0.717) is 19.5 Å². The second kappa shape index (κ2) is 19.2. The number of carbonyl (C=O) groups is 1. The number of aliphatic hydroxyl groups excluding tert-OH is 2. The van der Waals surface area contributed by atoms with E-state index < -0.39 is 18.2 Å². The van der Waals surface area contributed by atoms with Gasteiger partial charge in [-0.25, -0.2) is 0 Å². The molecule has 0 amide bonds. The minimum atomic E-state index is -1.01. The molecule has 0 bridgehead atoms. The predicted molar refractivity (Wildman–Crippen MR) is 176 cm³/mol. The van der Waals surface area contributed by atoms with E-state index in [1.54, 1.807) is 6.92 Å². The van der Waals surface area contributed by atoms with Crippen molar-refractivity contribution in [1.82, 2.24) is 9.47 Å². The number of hydrogen-bond donors (Lipinski definition) is 2. The Morgan fingerprint density at radius 2 is 1.59 bits per heavy atom. The standard InChI is InChI=1S/C38H44N2O4/c1-4-6-8-10-12-14-16-18-22-33(42)29-40-30-34(23-19-17-15-13-11-9-7-5-2)44-38(43)37(40)26-32-28-39(27-31(3)41)36-25-21-20-24-35(32)36/h1,20-21,24-25,28,31,33-34,37,41-42H,5,7,9,11,13,15,17,19,23,26-27,29-30H2,2-3H3. The zero-order chi connectivity index (χ0) is 31.6. The van der Waals surface area contributed by atoms with Crippen molar-refractivity contribution in [2.24, 2.45) is 0 Å². The first-order chi connectivity index (χ1) is 21.4. The minimum Gasteiger partial charge on any atom is -0.460 e. The minimum absolute atomic E-state index is 0.189. The molecule has 44 heavy (non-hydrogen) atoms. The number of fused-ring (bicyclic) bond motifs is 1. The van der Waals surface area contributed by atoms with Crippen molar-refractivity contribution < 1.29 is 19.7 Å². The van der Waals surface area contributed by atoms with Crippen LogP contribution in [-0.2, 0) is 22.5 Å². The zero-order valence-electron chi connectivity index (χ0n) is 26.1. The highest BCUT2D eigenvalue weighted by Crippen LogP contribution is 2.27. The number of rotatable bonds is 15. The lowest BCUT2D eigenvalue weighted by Gasteiger charge is -2.39. The van der Waals surface area contributed by atoms with Crippen LogP contribution in [0.4, 0.5) is 0 Å². The number of para-hydroxylation sites is 1. The van der Waals surface area contributed by atoms with Gasteiger partial charge in [-0.1, -0.05) is 76.0 Å². The number of benzene rings is 1. The quantitative estimate of drug-likeness (QED) is 0.178. The molecule has 230 valence electrons. The Kier molecular flexibility index (Phi) is 15.0. The van der Waals surface area contributed by atoms with Crippen LogP contribution in [0, 0.1) is 59.7 Å². The molecule has 2 aromatic rings. The Balaban J connectivity index is 1.72. The van der Waals surface area contributed by atoms with Crippen LogP contribution < -0.4 is 0 Å². The zero-order valence-corrected chi connectivity index (χ0v) is 26.1. The summed E-state index contributed by atoms with van der Waals surface area (Å²) in [6.07, 6.45) is 16.2. The van der Waals surface area contributed by atoms with Gasteiger partial charge in [0, 0.05) is 43.2 Å². The molecule has 1 aliphatic heterocycles. The second-order valence-corrected chi connectivity index (χ2v) is 11.3. The summed E-state index contributed by atoms with van der Waals surface area (Å²) >= 11 is 0. The molecule has 1 fully saturated rings. The van der Waals surface area contributed by atoms with Crippen molar-refractivity contribution >= 4 is 16.9 Å². The Labute approximate surface area is 263 Å². The summed E-state index contributed by atoms with van der Waals surface area (Å²) in [5, 5.41) is 21.9. The molecule has 1 aliphatic rings. The number of esters is 1. The SMILES string of the molecule is C#CC#CC#CC#CC#CC(O)CN1CC(CCCCCCCCCC)OC(=O)C1Cc1cn(CC(C)O)c2ccccc12. The van der Waals surface area contributed by atoms with E-state index in [1.165, 1.54) is 38.5 Å². The highest BCUT2D eigenvalue weighted by atomic mass is 16.5. The van der Waals surface area contributed by atoms with Gasteiger partial charge in [0.05, 0.1) is 6.10 Å². The van der Waals surface area contributed by atoms with E-state index in [0.717, 1.165) is 35.7 Å². The van der Waals surface area contributed by atoms with E-state index in [2.05, 4.69) is 60.2 Å². The third-order valence-electron chi connectivity index (χ3n) is 7.65. The van der Waals surface area contributed by atoms with Crippen molar-refractivity contribution in [3.63, 3.8) is 0 Å². The van der Waals surface area contributed by atoms with Crippen LogP contribution in [0.5, 0.6) is 0 Å². The average molecular weight is 593 g/mol. The molecule has 6 nitrogen and oxygen atoms in total. The molecule has 0 spiro atoms. The number of terminal acetylenes is 1. The monoisotopic (exact) mass is 592 g/mol. The van der Waals surface area contributed by atoms with Gasteiger partial charge < -0.3 is 19.5 Å². The van der Waals surface area contributed by atoms with E-state index in [1.807, 2.05) is 39.9 Å². The van der Waals surface area contributed by atoms with Crippen LogP contribution in [0.2, 0.25) is 0 Å². The summed E-state index contributed by atoms with van der Waals surface area (Å²) in [5.74, 6) is 22.3. The molecule has 0 aliphatic carbocycles. The highest BCUT2D eigenvalue weighted by molar-refractivity contribution is 5.85. The summed E-state index contributed by atoms with van der Waals surface area (Å²) < 4.78 is 8.00. The molecular formula is C38H44N2O4. The number of unbranched alkanes of at least 4 members (excludes halogenated alkanes) is 7. The molecule has 1 saturated heterocycles. The summed E-state index contributed by atoms with van der Waals surface area (Å²) in [7, 11) is 0. The highest BCUT2D eigenvalue weighted by Gasteiger charge is 2.37. The maximum absolute atomic E-state index is 13.5. The van der Waals surface area contributed by atoms with E-state index in [4.69, 9.17) is 11.2 Å². The van der Waals surface area contributed by atoms with Crippen molar-refractivity contribution in [2.75, 3.05) is 13.1 Å². The number of ether oxygens (including phenoxy) is 1. The van der Waals surface area contributed by atoms with Gasteiger partial charge in [0.15, 0.2) is 0 Å². The number of aliphatic hydroxyl groups is 2. The first-order valence-electron chi connectivity index (χ1n) is 15.8. The number of aromatic nitrogens is 1. The third kappa shape index (κ3) is 11.5. The van der Waals surface area contributed by atoms with Crippen LogP contribution >= 0.6 is 0 Å². The van der Waals surface area contributed by atoms with Gasteiger partial charge in [-0.3, -0.25) is 9.69 Å². The van der Waals surface area contributed by atoms with Crippen LogP contribution in [-0.4, -0.2) is 63.1 Å². The summed E-state index contributed by atoms with van der Waals surface area (Å²) in [6.45, 7) is 5.16. The lowest BCUT2D eigenvalue weighted by atomic mass is 9.99. The maximum Gasteiger partial charge on any atom is 0.324 e. The van der Waals surface area contributed by atoms with Gasteiger partial charge in [-0.05, 0) is 78.8 Å². The molecule has 6 heteroatoms. The van der Waals surface area contributed by atoms with Crippen molar-refractivity contribution in [2.45, 2.75) is 109 Å². The van der Waals surface area contributed by atoms with Crippen LogP contribution in [0.1, 0.15) is 77.2 Å². The number of carbonyl (C=O) groups excluding carboxylic acids is 1. The average Bonchev–Trinajstić information content (AvgIpc) is 3.33. The smallest absolute Gasteiger partial charge is 0.324 e. The second-order valence-electron chi connectivity index (χ2n) is 11.3. The van der Waals surface area contributed by atoms with Gasteiger partial charge in [-0.2, -0.15) is 0 Å². The number of hydrogen-bond acceptors (Lipinski definition) is 5. The Morgan fingerprint density at radius 1 is 0.932 bits per heavy atom. The van der Waals surface area contributed by atoms with Gasteiger partial charge >= 0.3 is 5.97 Å². The van der Waals surface area contributed by atoms with Crippen LogP contribution in [0.25, 0.3) is 10.9 Å². The Bertz CT molecular complexity index is 1520. The summed E-state index contributed by atoms with van der Waals surface area (Å²) in [6, 6.07) is 7.42. The fourth-order valence-corrected chi connectivity index (χ4v) is 5.60. The van der Waals surface area contributed by atoms with Gasteiger partial charge in [0.1, 0.15) is 18.2 Å². The van der Waals surface area contributed by atoms with Crippen molar-refractivity contribution in [3.8, 4) is 59.7 Å². The van der Waals surface area contributed by atoms with E-state index in [-0.39, 0.29) is 18.6 Å². The molecule has 4 atom stereocenters. The van der Waals surface area contributed by atoms with Crippen molar-refractivity contribution in [3.05, 3.63) is 36.0 Å². The largest absolute Gasteiger partial charge is 0.460 e. The fraction of sp³-hybridized carbons (Fsp3) is 0.500. The molecule has 2 heterocycles. The van der Waals surface area contributed by atoms with Gasteiger partial charge in [0.2, 0.25) is 0 Å². The molecular weight excluding hydrogens is 548 g/mol. The van der Waals surface area contributed by atoms with Crippen LogP contribution in [0.3, 0.4) is 0 Å². The van der Waals surface area contributed by atoms with E-state index >= 15 is 0 Å². The maximum atomic E-state index is 13.5. The van der Waals surface area contributed by atoms with Gasteiger partial charge in [-0.15, -0.1) is 6.42 Å². The molecule has 3 rings (SSSR count). The molecule has 4 unspecified atom stereocenters. The lowest BCUT2D eigenvalue weighted by Crippen LogP contribution is -2.55. The number of β-amino-alcohol motifs (C(OH)–C–C–N with tert-alkyl or cyclic N) is 1. The van der Waals surface area contributed by atoms with E-state index in [9.17, 15) is 15.0 Å². The normalized spacial score (nSPS) is 17.3. The Morgan fingerprint density at radius 3 is 2.30 bits per heavy atom. The van der Waals surface area contributed by atoms with Crippen LogP contribution in [0.15, 0.2) is 30.5 Å². The topological polar surface area (TPSA) is 74.9 Å². The third-order valence-corrected chi connectivity index (χ3v) is 7.65. The number of cyclic esters (lactones) is 1. The van der Waals surface area contributed by atoms with Gasteiger partial charge in [0.25, 0.3) is 0 Å². The number of nitrogens with zero attached hydrogens (tertiary/aromatic N) is 2. The predicted octanol–water partition coefficient (Wildman–Crippen LogP) is 4.70. The van der Waals surface area contributed by atoms with Crippen molar-refractivity contribution in [1.29, 1.82) is 0 Å². The lowest BCUT2D eigenvalue weighted by molar-refractivity contribution is -0.167. The fourth-order valence-electron chi connectivity index (χ4n) is 5.60. The molecule has 1 aromatic carbocycles. The molecule has 1 aromatic heterocycles. The molecule has 2 N–H and O–H groups in total. The summed E-state index contributed by atoms with van der Waals surface area (Å²) in [4.78, 5) is 15.5.